The summed E-state index contributed by atoms with van der Waals surface area (Å²) in [6.07, 6.45) is 17.2. The molecule has 1 aromatic rings. The Kier molecular flexibility index (Phi) is 4.74. The molecule has 0 heterocycles. The first kappa shape index (κ1) is 15.1. The van der Waals surface area contributed by atoms with Crippen LogP contribution in [0.2, 0.25) is 0 Å². The molecule has 0 radical (unpaired) electrons. The lowest BCUT2D eigenvalue weighted by Crippen LogP contribution is -2.14. The molecule has 3 rings (SSSR count). The van der Waals surface area contributed by atoms with E-state index >= 15 is 0 Å². The van der Waals surface area contributed by atoms with E-state index in [4.69, 9.17) is 0 Å². The first-order valence-corrected chi connectivity index (χ1v) is 8.24. The van der Waals surface area contributed by atoms with E-state index in [0.29, 0.717) is 5.92 Å². The van der Waals surface area contributed by atoms with Crippen molar-refractivity contribution in [1.82, 2.24) is 4.90 Å². The maximum absolute atomic E-state index is 2.35. The molecule has 1 nitrogen and oxygen atoms in total. The third kappa shape index (κ3) is 3.31. The van der Waals surface area contributed by atoms with Gasteiger partial charge in [0.25, 0.3) is 0 Å². The van der Waals surface area contributed by atoms with E-state index in [1.54, 1.807) is 0 Å². The molecule has 0 saturated heterocycles. The maximum Gasteiger partial charge on any atom is 0.0102 e. The molecule has 1 atom stereocenters. The Hall–Kier alpha value is -1.86. The third-order valence-corrected chi connectivity index (χ3v) is 4.49. The van der Waals surface area contributed by atoms with Gasteiger partial charge in [-0.3, -0.25) is 0 Å². The highest BCUT2D eigenvalue weighted by molar-refractivity contribution is 5.65. The summed E-state index contributed by atoms with van der Waals surface area (Å²) in [6.45, 7) is 1.15. The molecule has 0 bridgehead atoms. The van der Waals surface area contributed by atoms with Crippen molar-refractivity contribution < 1.29 is 0 Å². The molecule has 22 heavy (non-hydrogen) atoms. The van der Waals surface area contributed by atoms with E-state index in [9.17, 15) is 0 Å². The molecule has 1 heteroatoms. The lowest BCUT2D eigenvalue weighted by molar-refractivity contribution is 0.389. The second-order valence-electron chi connectivity index (χ2n) is 6.41. The van der Waals surface area contributed by atoms with Crippen LogP contribution in [0, 0.1) is 0 Å². The third-order valence-electron chi connectivity index (χ3n) is 4.49. The number of allylic oxidation sites excluding steroid dienone is 7. The SMILES string of the molecule is CN(C)CCCC1C2=C(C=CCC=C2)C=Cc2ccccc21. The molecule has 0 N–H and O–H groups in total. The average Bonchev–Trinajstić information content (AvgIpc) is 2.81. The van der Waals surface area contributed by atoms with Crippen molar-refractivity contribution in [2.24, 2.45) is 0 Å². The number of hydrogen-bond acceptors (Lipinski definition) is 1. The summed E-state index contributed by atoms with van der Waals surface area (Å²) in [7, 11) is 4.31. The second kappa shape index (κ2) is 6.93. The summed E-state index contributed by atoms with van der Waals surface area (Å²) in [6, 6.07) is 8.86. The Morgan fingerprint density at radius 3 is 2.68 bits per heavy atom. The predicted octanol–water partition coefficient (Wildman–Crippen LogP) is 4.95. The Morgan fingerprint density at radius 1 is 1.00 bits per heavy atom. The summed E-state index contributed by atoms with van der Waals surface area (Å²) in [5, 5.41) is 0. The van der Waals surface area contributed by atoms with E-state index in [1.807, 2.05) is 0 Å². The fourth-order valence-corrected chi connectivity index (χ4v) is 3.38. The topological polar surface area (TPSA) is 3.24 Å². The van der Waals surface area contributed by atoms with Crippen LogP contribution in [0.1, 0.15) is 36.3 Å². The van der Waals surface area contributed by atoms with Crippen LogP contribution < -0.4 is 0 Å². The van der Waals surface area contributed by atoms with E-state index in [1.165, 1.54) is 35.1 Å². The average molecular weight is 291 g/mol. The van der Waals surface area contributed by atoms with Crippen LogP contribution in [0.5, 0.6) is 0 Å². The summed E-state index contributed by atoms with van der Waals surface area (Å²) in [5.74, 6) is 0.500. The highest BCUT2D eigenvalue weighted by Gasteiger charge is 2.21. The molecule has 0 fully saturated rings. The number of benzene rings is 1. The van der Waals surface area contributed by atoms with Gasteiger partial charge in [-0.05, 0) is 62.2 Å². The van der Waals surface area contributed by atoms with Gasteiger partial charge in [0.15, 0.2) is 0 Å². The summed E-state index contributed by atoms with van der Waals surface area (Å²) in [5.41, 5.74) is 5.70. The van der Waals surface area contributed by atoms with Gasteiger partial charge < -0.3 is 4.90 Å². The van der Waals surface area contributed by atoms with Gasteiger partial charge in [0.2, 0.25) is 0 Å². The lowest BCUT2D eigenvalue weighted by atomic mass is 9.84. The van der Waals surface area contributed by atoms with Gasteiger partial charge in [0, 0.05) is 5.92 Å². The molecule has 2 aliphatic rings. The fourth-order valence-electron chi connectivity index (χ4n) is 3.38. The van der Waals surface area contributed by atoms with Crippen LogP contribution in [0.4, 0.5) is 0 Å². The zero-order valence-electron chi connectivity index (χ0n) is 13.6. The van der Waals surface area contributed by atoms with Crippen molar-refractivity contribution >= 4 is 6.08 Å². The van der Waals surface area contributed by atoms with Crippen molar-refractivity contribution in [3.63, 3.8) is 0 Å². The zero-order valence-corrected chi connectivity index (χ0v) is 13.6. The summed E-state index contributed by atoms with van der Waals surface area (Å²) < 4.78 is 0. The van der Waals surface area contributed by atoms with Crippen LogP contribution in [0.3, 0.4) is 0 Å². The van der Waals surface area contributed by atoms with Crippen molar-refractivity contribution in [2.45, 2.75) is 25.2 Å². The van der Waals surface area contributed by atoms with E-state index in [2.05, 4.69) is 79.7 Å². The molecular formula is C21H25N. The normalized spacial score (nSPS) is 19.9. The Bertz CT molecular complexity index is 644. The van der Waals surface area contributed by atoms with Crippen molar-refractivity contribution in [3.8, 4) is 0 Å². The monoisotopic (exact) mass is 291 g/mol. The van der Waals surface area contributed by atoms with E-state index in [-0.39, 0.29) is 0 Å². The Labute approximate surface area is 134 Å². The van der Waals surface area contributed by atoms with Crippen molar-refractivity contribution in [3.05, 3.63) is 76.9 Å². The molecule has 0 saturated carbocycles. The summed E-state index contributed by atoms with van der Waals surface area (Å²) >= 11 is 0. The van der Waals surface area contributed by atoms with Gasteiger partial charge in [-0.1, -0.05) is 60.7 Å². The quantitative estimate of drug-likeness (QED) is 0.758. The standard InChI is InChI=1S/C21H25N/c1-22(2)16-8-13-21-19-11-5-3-4-9-17(19)14-15-18-10-6-7-12-20(18)21/h4-7,9-12,14-15,21H,3,8,13,16H2,1-2H3. The number of rotatable bonds is 4. The highest BCUT2D eigenvalue weighted by atomic mass is 15.0. The van der Waals surface area contributed by atoms with Gasteiger partial charge in [-0.2, -0.15) is 0 Å². The van der Waals surface area contributed by atoms with E-state index in [0.717, 1.165) is 13.0 Å². The minimum absolute atomic E-state index is 0.500. The first-order chi connectivity index (χ1) is 10.8. The molecule has 114 valence electrons. The summed E-state index contributed by atoms with van der Waals surface area (Å²) in [4.78, 5) is 2.28. The number of hydrogen-bond donors (Lipinski definition) is 0. The lowest BCUT2D eigenvalue weighted by Gasteiger charge is -2.22. The molecule has 1 unspecified atom stereocenters. The Morgan fingerprint density at radius 2 is 1.82 bits per heavy atom. The van der Waals surface area contributed by atoms with Gasteiger partial charge in [-0.15, -0.1) is 0 Å². The first-order valence-electron chi connectivity index (χ1n) is 8.24. The van der Waals surface area contributed by atoms with Crippen LogP contribution in [-0.4, -0.2) is 25.5 Å². The van der Waals surface area contributed by atoms with Crippen molar-refractivity contribution in [1.29, 1.82) is 0 Å². The minimum Gasteiger partial charge on any atom is -0.309 e. The smallest absolute Gasteiger partial charge is 0.0102 e. The molecule has 0 spiro atoms. The van der Waals surface area contributed by atoms with Gasteiger partial charge >= 0.3 is 0 Å². The molecule has 0 aromatic heterocycles. The van der Waals surface area contributed by atoms with Crippen LogP contribution >= 0.6 is 0 Å². The molecule has 1 aromatic carbocycles. The zero-order chi connectivity index (χ0) is 15.4. The molecular weight excluding hydrogens is 266 g/mol. The second-order valence-corrected chi connectivity index (χ2v) is 6.41. The van der Waals surface area contributed by atoms with Gasteiger partial charge in [-0.25, -0.2) is 0 Å². The van der Waals surface area contributed by atoms with Gasteiger partial charge in [0.05, 0.1) is 0 Å². The Balaban J connectivity index is 1.98. The minimum atomic E-state index is 0.500. The van der Waals surface area contributed by atoms with E-state index < -0.39 is 0 Å². The van der Waals surface area contributed by atoms with Crippen LogP contribution in [-0.2, 0) is 0 Å². The molecule has 0 amide bonds. The predicted molar refractivity (Wildman–Crippen MR) is 95.9 cm³/mol. The maximum atomic E-state index is 2.35. The van der Waals surface area contributed by atoms with Crippen molar-refractivity contribution in [2.75, 3.05) is 20.6 Å². The molecule has 0 aliphatic heterocycles. The van der Waals surface area contributed by atoms with Crippen LogP contribution in [0.25, 0.3) is 6.08 Å². The van der Waals surface area contributed by atoms with Crippen LogP contribution in [0.15, 0.2) is 65.8 Å². The number of nitrogens with zero attached hydrogens (tertiary/aromatic N) is 1. The highest BCUT2D eigenvalue weighted by Crippen LogP contribution is 2.38. The fraction of sp³-hybridized carbons (Fsp3) is 0.333. The molecule has 2 aliphatic carbocycles. The van der Waals surface area contributed by atoms with Gasteiger partial charge in [0.1, 0.15) is 0 Å². The number of fused-ring (bicyclic) bond motifs is 1. The largest absolute Gasteiger partial charge is 0.309 e.